The van der Waals surface area contributed by atoms with Crippen LogP contribution in [0.2, 0.25) is 0 Å². The van der Waals surface area contributed by atoms with E-state index in [1.165, 1.54) is 6.07 Å². The SMILES string of the molecule is CC(C)Cc1cc(F)c(C#N)c(N2CC3CC2CN3Cc2cccnn2)c1. The topological polar surface area (TPSA) is 56.1 Å². The lowest BCUT2D eigenvalue weighted by atomic mass is 9.99. The fraction of sp³-hybridized carbons (Fsp3) is 0.476. The smallest absolute Gasteiger partial charge is 0.143 e. The Morgan fingerprint density at radius 3 is 2.78 bits per heavy atom. The van der Waals surface area contributed by atoms with Crippen molar-refractivity contribution in [2.45, 2.75) is 45.3 Å². The molecule has 2 bridgehead atoms. The summed E-state index contributed by atoms with van der Waals surface area (Å²) in [6, 6.07) is 10.2. The van der Waals surface area contributed by atoms with E-state index in [1.54, 1.807) is 6.20 Å². The zero-order valence-electron chi connectivity index (χ0n) is 15.8. The van der Waals surface area contributed by atoms with Crippen LogP contribution < -0.4 is 4.90 Å². The zero-order chi connectivity index (χ0) is 19.0. The van der Waals surface area contributed by atoms with E-state index < -0.39 is 5.82 Å². The number of aromatic nitrogens is 2. The quantitative estimate of drug-likeness (QED) is 0.815. The normalized spacial score (nSPS) is 21.8. The highest BCUT2D eigenvalue weighted by Gasteiger charge is 2.44. The number of nitriles is 1. The number of rotatable bonds is 5. The van der Waals surface area contributed by atoms with Crippen molar-refractivity contribution >= 4 is 5.69 Å². The third kappa shape index (κ3) is 3.52. The Bertz CT molecular complexity index is 861. The largest absolute Gasteiger partial charge is 0.364 e. The number of hydrogen-bond donors (Lipinski definition) is 0. The van der Waals surface area contributed by atoms with Gasteiger partial charge in [0.15, 0.2) is 0 Å². The standard InChI is InChI=1S/C21H24FN5/c1-14(2)6-15-7-20(22)19(10-23)21(8-15)27-13-17-9-18(27)12-26(17)11-16-4-3-5-24-25-16/h3-5,7-8,14,17-18H,6,9,11-13H2,1-2H3. The molecule has 2 saturated heterocycles. The van der Waals surface area contributed by atoms with Crippen molar-refractivity contribution in [1.82, 2.24) is 15.1 Å². The number of halogens is 1. The summed E-state index contributed by atoms with van der Waals surface area (Å²) >= 11 is 0. The van der Waals surface area contributed by atoms with Gasteiger partial charge >= 0.3 is 0 Å². The highest BCUT2D eigenvalue weighted by atomic mass is 19.1. The molecule has 1 aromatic carbocycles. The highest BCUT2D eigenvalue weighted by Crippen LogP contribution is 2.38. The van der Waals surface area contributed by atoms with E-state index in [0.29, 0.717) is 18.0 Å². The molecule has 2 fully saturated rings. The van der Waals surface area contributed by atoms with Gasteiger partial charge in [0.1, 0.15) is 17.4 Å². The molecule has 0 N–H and O–H groups in total. The molecular weight excluding hydrogens is 341 g/mol. The van der Waals surface area contributed by atoms with Crippen molar-refractivity contribution < 1.29 is 4.39 Å². The third-order valence-corrected chi connectivity index (χ3v) is 5.54. The molecule has 0 aliphatic carbocycles. The van der Waals surface area contributed by atoms with E-state index in [9.17, 15) is 9.65 Å². The molecule has 2 aliphatic heterocycles. The first kappa shape index (κ1) is 17.9. The Balaban J connectivity index is 1.55. The minimum absolute atomic E-state index is 0.176. The van der Waals surface area contributed by atoms with E-state index in [-0.39, 0.29) is 5.56 Å². The molecule has 6 heteroatoms. The van der Waals surface area contributed by atoms with E-state index in [0.717, 1.165) is 49.4 Å². The maximum atomic E-state index is 14.5. The molecular formula is C21H24FN5. The molecule has 2 atom stereocenters. The van der Waals surface area contributed by atoms with Gasteiger partial charge in [-0.05, 0) is 48.6 Å². The number of likely N-dealkylation sites (tertiary alicyclic amines) is 1. The van der Waals surface area contributed by atoms with E-state index in [2.05, 4.69) is 39.9 Å². The lowest BCUT2D eigenvalue weighted by Crippen LogP contribution is -2.46. The van der Waals surface area contributed by atoms with Gasteiger partial charge in [0.2, 0.25) is 0 Å². The van der Waals surface area contributed by atoms with Gasteiger partial charge < -0.3 is 4.90 Å². The van der Waals surface area contributed by atoms with Gasteiger partial charge in [0, 0.05) is 37.9 Å². The van der Waals surface area contributed by atoms with Gasteiger partial charge in [-0.3, -0.25) is 4.90 Å². The molecule has 2 aromatic rings. The van der Waals surface area contributed by atoms with Crippen LogP contribution in [0, 0.1) is 23.1 Å². The van der Waals surface area contributed by atoms with Gasteiger partial charge in [-0.15, -0.1) is 0 Å². The molecule has 3 heterocycles. The predicted octanol–water partition coefficient (Wildman–Crippen LogP) is 3.15. The summed E-state index contributed by atoms with van der Waals surface area (Å²) in [5.74, 6) is 0.0486. The first-order chi connectivity index (χ1) is 13.0. The van der Waals surface area contributed by atoms with Crippen molar-refractivity contribution in [3.05, 3.63) is 53.1 Å². The number of fused-ring (bicyclic) bond motifs is 2. The second-order valence-electron chi connectivity index (χ2n) is 8.02. The fourth-order valence-corrected chi connectivity index (χ4v) is 4.44. The third-order valence-electron chi connectivity index (χ3n) is 5.54. The van der Waals surface area contributed by atoms with Crippen molar-refractivity contribution in [1.29, 1.82) is 5.26 Å². The summed E-state index contributed by atoms with van der Waals surface area (Å²) in [4.78, 5) is 4.66. The van der Waals surface area contributed by atoms with Crippen molar-refractivity contribution in [2.75, 3.05) is 18.0 Å². The summed E-state index contributed by atoms with van der Waals surface area (Å²) in [6.07, 6.45) is 3.54. The molecule has 2 unspecified atom stereocenters. The Morgan fingerprint density at radius 2 is 2.15 bits per heavy atom. The van der Waals surface area contributed by atoms with E-state index >= 15 is 0 Å². The Morgan fingerprint density at radius 1 is 1.30 bits per heavy atom. The van der Waals surface area contributed by atoms with Crippen LogP contribution in [0.3, 0.4) is 0 Å². The van der Waals surface area contributed by atoms with Crippen LogP contribution in [0.4, 0.5) is 10.1 Å². The minimum Gasteiger partial charge on any atom is -0.364 e. The van der Waals surface area contributed by atoms with Crippen LogP contribution in [0.25, 0.3) is 0 Å². The molecule has 2 aliphatic rings. The van der Waals surface area contributed by atoms with Crippen LogP contribution in [0.15, 0.2) is 30.5 Å². The summed E-state index contributed by atoms with van der Waals surface area (Å²) < 4.78 is 14.5. The first-order valence-electron chi connectivity index (χ1n) is 9.55. The fourth-order valence-electron chi connectivity index (χ4n) is 4.44. The van der Waals surface area contributed by atoms with Crippen molar-refractivity contribution in [3.63, 3.8) is 0 Å². The summed E-state index contributed by atoms with van der Waals surface area (Å²) in [5, 5.41) is 17.6. The Labute approximate surface area is 159 Å². The van der Waals surface area contributed by atoms with Crippen LogP contribution in [0.5, 0.6) is 0 Å². The molecule has 1 aromatic heterocycles. The van der Waals surface area contributed by atoms with E-state index in [4.69, 9.17) is 0 Å². The molecule has 5 nitrogen and oxygen atoms in total. The maximum Gasteiger partial charge on any atom is 0.143 e. The molecule has 0 saturated carbocycles. The predicted molar refractivity (Wildman–Crippen MR) is 102 cm³/mol. The Kier molecular flexibility index (Phi) is 4.79. The number of benzene rings is 1. The van der Waals surface area contributed by atoms with E-state index in [1.807, 2.05) is 18.2 Å². The number of anilines is 1. The van der Waals surface area contributed by atoms with Gasteiger partial charge in [0.05, 0.1) is 11.4 Å². The first-order valence-corrected chi connectivity index (χ1v) is 9.55. The molecule has 0 radical (unpaired) electrons. The van der Waals surface area contributed by atoms with Gasteiger partial charge in [-0.25, -0.2) is 4.39 Å². The highest BCUT2D eigenvalue weighted by molar-refractivity contribution is 5.63. The lowest BCUT2D eigenvalue weighted by Gasteiger charge is -2.36. The average Bonchev–Trinajstić information content (AvgIpc) is 3.22. The zero-order valence-corrected chi connectivity index (χ0v) is 15.8. The minimum atomic E-state index is -0.398. The van der Waals surface area contributed by atoms with Gasteiger partial charge in [0.25, 0.3) is 0 Å². The number of nitrogens with zero attached hydrogens (tertiary/aromatic N) is 5. The van der Waals surface area contributed by atoms with Crippen LogP contribution >= 0.6 is 0 Å². The van der Waals surface area contributed by atoms with Gasteiger partial charge in [-0.1, -0.05) is 13.8 Å². The van der Waals surface area contributed by atoms with Crippen LogP contribution in [-0.2, 0) is 13.0 Å². The summed E-state index contributed by atoms with van der Waals surface area (Å²) in [6.45, 7) is 6.76. The Hall–Kier alpha value is -2.52. The van der Waals surface area contributed by atoms with Crippen LogP contribution in [-0.4, -0.2) is 40.3 Å². The van der Waals surface area contributed by atoms with Gasteiger partial charge in [-0.2, -0.15) is 15.5 Å². The molecule has 0 amide bonds. The monoisotopic (exact) mass is 365 g/mol. The second kappa shape index (κ2) is 7.24. The molecule has 27 heavy (non-hydrogen) atoms. The number of piperazine rings is 1. The number of hydrogen-bond acceptors (Lipinski definition) is 5. The average molecular weight is 365 g/mol. The molecule has 0 spiro atoms. The molecule has 4 rings (SSSR count). The van der Waals surface area contributed by atoms with Crippen molar-refractivity contribution in [3.8, 4) is 6.07 Å². The van der Waals surface area contributed by atoms with Crippen molar-refractivity contribution in [2.24, 2.45) is 5.92 Å². The van der Waals surface area contributed by atoms with Crippen LogP contribution in [0.1, 0.15) is 37.1 Å². The molecule has 140 valence electrons. The summed E-state index contributed by atoms with van der Waals surface area (Å²) in [7, 11) is 0. The second-order valence-corrected chi connectivity index (χ2v) is 8.02. The lowest BCUT2D eigenvalue weighted by molar-refractivity contribution is 0.227. The maximum absolute atomic E-state index is 14.5. The summed E-state index contributed by atoms with van der Waals surface area (Å²) in [5.41, 5.74) is 2.88.